The summed E-state index contributed by atoms with van der Waals surface area (Å²) in [6.45, 7) is 10.1. The van der Waals surface area contributed by atoms with E-state index in [2.05, 4.69) is 40.8 Å². The van der Waals surface area contributed by atoms with Crippen molar-refractivity contribution in [3.8, 4) is 5.75 Å². The normalized spacial score (nSPS) is 33.7. The van der Waals surface area contributed by atoms with Crippen LogP contribution in [0, 0.1) is 29.6 Å². The lowest BCUT2D eigenvalue weighted by atomic mass is 9.62. The fourth-order valence-corrected chi connectivity index (χ4v) is 10.9. The van der Waals surface area contributed by atoms with Gasteiger partial charge in [0, 0.05) is 36.2 Å². The summed E-state index contributed by atoms with van der Waals surface area (Å²) in [5.74, 6) is 0.977. The van der Waals surface area contributed by atoms with Crippen molar-refractivity contribution in [2.45, 2.75) is 76.6 Å². The number of ether oxygens (including phenoxy) is 2. The lowest BCUT2D eigenvalue weighted by Gasteiger charge is -2.49. The van der Waals surface area contributed by atoms with E-state index in [1.165, 1.54) is 11.1 Å². The van der Waals surface area contributed by atoms with Crippen LogP contribution in [0.1, 0.15) is 74.9 Å². The summed E-state index contributed by atoms with van der Waals surface area (Å²) in [6, 6.07) is 11.6. The van der Waals surface area contributed by atoms with Crippen molar-refractivity contribution in [1.82, 2.24) is 4.72 Å². The van der Waals surface area contributed by atoms with Gasteiger partial charge in [-0.1, -0.05) is 57.5 Å². The molecular weight excluding hydrogens is 608 g/mol. The molecule has 1 spiro atoms. The van der Waals surface area contributed by atoms with Gasteiger partial charge in [0.15, 0.2) is 0 Å². The van der Waals surface area contributed by atoms with Gasteiger partial charge in [-0.3, -0.25) is 4.79 Å². The molecule has 4 aliphatic rings. The number of rotatable bonds is 2. The smallest absolute Gasteiger partial charge is 0.264 e. The van der Waals surface area contributed by atoms with E-state index >= 15 is 0 Å². The van der Waals surface area contributed by atoms with Gasteiger partial charge in [0.1, 0.15) is 5.75 Å². The van der Waals surface area contributed by atoms with Crippen molar-refractivity contribution >= 4 is 33.2 Å². The van der Waals surface area contributed by atoms with Gasteiger partial charge in [0.25, 0.3) is 5.91 Å². The van der Waals surface area contributed by atoms with Crippen molar-refractivity contribution in [2.24, 2.45) is 29.6 Å². The van der Waals surface area contributed by atoms with Gasteiger partial charge in [-0.05, 0) is 103 Å². The number of nitrogens with zero attached hydrogens (tertiary/aromatic N) is 1. The minimum atomic E-state index is -3.95. The van der Waals surface area contributed by atoms with Crippen LogP contribution < -0.4 is 14.4 Å². The molecule has 1 saturated carbocycles. The van der Waals surface area contributed by atoms with Crippen LogP contribution in [0.3, 0.4) is 0 Å². The topological polar surface area (TPSA) is 84.9 Å². The van der Waals surface area contributed by atoms with Crippen LogP contribution in [0.2, 0.25) is 5.02 Å². The van der Waals surface area contributed by atoms with Gasteiger partial charge in [-0.15, -0.1) is 0 Å². The number of aryl methyl sites for hydroxylation is 1. The van der Waals surface area contributed by atoms with E-state index in [1.54, 1.807) is 13.2 Å². The Labute approximate surface area is 273 Å². The Morgan fingerprint density at radius 3 is 2.64 bits per heavy atom. The summed E-state index contributed by atoms with van der Waals surface area (Å²) >= 11 is 6.44. The second-order valence-corrected chi connectivity index (χ2v) is 16.6. The zero-order chi connectivity index (χ0) is 32.1. The number of fused-ring (bicyclic) bond motifs is 4. The Hall–Kier alpha value is -2.55. The number of carbonyl (C=O) groups is 1. The van der Waals surface area contributed by atoms with Gasteiger partial charge in [0.2, 0.25) is 10.0 Å². The van der Waals surface area contributed by atoms with E-state index in [9.17, 15) is 13.2 Å². The molecule has 45 heavy (non-hydrogen) atoms. The second kappa shape index (κ2) is 12.6. The van der Waals surface area contributed by atoms with Crippen molar-refractivity contribution in [1.29, 1.82) is 0 Å². The number of allylic oxidation sites excluding steroid dienone is 1. The lowest BCUT2D eigenvalue weighted by molar-refractivity contribution is -0.0230. The highest BCUT2D eigenvalue weighted by molar-refractivity contribution is 7.90. The minimum Gasteiger partial charge on any atom is -0.490 e. The molecule has 7 nitrogen and oxygen atoms in total. The first-order valence-corrected chi connectivity index (χ1v) is 18.4. The first-order chi connectivity index (χ1) is 21.4. The van der Waals surface area contributed by atoms with Crippen LogP contribution in [0.4, 0.5) is 5.69 Å². The number of hydrogen-bond donors (Lipinski definition) is 1. The third-order valence-electron chi connectivity index (χ3n) is 11.0. The summed E-state index contributed by atoms with van der Waals surface area (Å²) in [7, 11) is -2.18. The molecule has 0 aromatic heterocycles. The average molecular weight is 655 g/mol. The molecule has 1 N–H and O–H groups in total. The van der Waals surface area contributed by atoms with Crippen LogP contribution in [-0.2, 0) is 26.6 Å². The molecule has 2 aliphatic heterocycles. The first kappa shape index (κ1) is 32.4. The fourth-order valence-electron chi connectivity index (χ4n) is 8.74. The number of halogens is 1. The molecule has 2 aromatic carbocycles. The number of amides is 1. The highest BCUT2D eigenvalue weighted by atomic mass is 35.5. The highest BCUT2D eigenvalue weighted by Gasteiger charge is 2.47. The first-order valence-electron chi connectivity index (χ1n) is 16.5. The number of hydrogen-bond acceptors (Lipinski definition) is 6. The third-order valence-corrected chi connectivity index (χ3v) is 13.4. The van der Waals surface area contributed by atoms with Gasteiger partial charge in [-0.25, -0.2) is 13.1 Å². The summed E-state index contributed by atoms with van der Waals surface area (Å²) in [5, 5.41) is 0.0232. The maximum atomic E-state index is 13.7. The molecule has 7 atom stereocenters. The van der Waals surface area contributed by atoms with Crippen molar-refractivity contribution < 1.29 is 22.7 Å². The highest BCUT2D eigenvalue weighted by Crippen LogP contribution is 2.48. The van der Waals surface area contributed by atoms with Gasteiger partial charge >= 0.3 is 0 Å². The Morgan fingerprint density at radius 2 is 1.91 bits per heavy atom. The molecule has 6 rings (SSSR count). The molecule has 2 bridgehead atoms. The van der Waals surface area contributed by atoms with Gasteiger partial charge in [-0.2, -0.15) is 0 Å². The number of methoxy groups -OCH3 is 1. The predicted molar refractivity (Wildman–Crippen MR) is 180 cm³/mol. The van der Waals surface area contributed by atoms with E-state index in [0.29, 0.717) is 42.1 Å². The molecule has 2 aliphatic carbocycles. The summed E-state index contributed by atoms with van der Waals surface area (Å²) in [6.07, 6.45) is 8.83. The van der Waals surface area contributed by atoms with Crippen LogP contribution >= 0.6 is 11.6 Å². The number of benzene rings is 2. The summed E-state index contributed by atoms with van der Waals surface area (Å²) in [4.78, 5) is 16.0. The van der Waals surface area contributed by atoms with E-state index in [-0.39, 0.29) is 23.4 Å². The zero-order valence-electron chi connectivity index (χ0n) is 27.1. The fraction of sp³-hybridized carbons (Fsp3) is 0.583. The Kier molecular flexibility index (Phi) is 9.05. The molecule has 1 amide bonds. The molecule has 2 aromatic rings. The van der Waals surface area contributed by atoms with Crippen LogP contribution in [0.15, 0.2) is 48.6 Å². The standard InChI is InChI=1S/C36H47ClN2O5S/c1-22(2)34-23(3)8-6-10-32(43-5)28-16-24(4)29(28)19-39-20-36(15-7-9-25-17-27(37)12-13-30(25)36)21-44-33-14-11-26(18-31(33)39)35(40)38-45(34,41)42/h6,10-14,17-18,22-24,28-29,32,34H,7-9,15-16,19-21H2,1-5H3,(H,38,40)/b10-6+/t23-,24+,28+,29+,32-,34+,36-/m0/s1. The largest absolute Gasteiger partial charge is 0.490 e. The SMILES string of the molecule is CO[C@H]1/C=C/C[C@H](C)[C@@H](C(C)C)S(=O)(=O)NC(=O)c2ccc3c(c2)N(C[C@H]2[C@H]1C[C@H]2C)C[C@@]1(CCCc2cc(Cl)ccc21)CO3. The van der Waals surface area contributed by atoms with Crippen LogP contribution in [-0.4, -0.2) is 52.5 Å². The minimum absolute atomic E-state index is 0.0549. The maximum Gasteiger partial charge on any atom is 0.264 e. The van der Waals surface area contributed by atoms with E-state index < -0.39 is 21.2 Å². The zero-order valence-corrected chi connectivity index (χ0v) is 28.7. The Morgan fingerprint density at radius 1 is 1.11 bits per heavy atom. The molecule has 1 fully saturated rings. The number of nitrogens with one attached hydrogen (secondary N) is 1. The molecule has 0 saturated heterocycles. The van der Waals surface area contributed by atoms with Crippen molar-refractivity contribution in [3.63, 3.8) is 0 Å². The predicted octanol–water partition coefficient (Wildman–Crippen LogP) is 6.78. The quantitative estimate of drug-likeness (QED) is 0.360. The van der Waals surface area contributed by atoms with Crippen LogP contribution in [0.25, 0.3) is 0 Å². The van der Waals surface area contributed by atoms with Crippen LogP contribution in [0.5, 0.6) is 5.75 Å². The lowest BCUT2D eigenvalue weighted by Crippen LogP contribution is -2.52. The molecule has 9 heteroatoms. The van der Waals surface area contributed by atoms with Gasteiger partial charge < -0.3 is 14.4 Å². The van der Waals surface area contributed by atoms with Crippen molar-refractivity contribution in [2.75, 3.05) is 31.7 Å². The molecule has 2 heterocycles. The third kappa shape index (κ3) is 6.15. The van der Waals surface area contributed by atoms with E-state index in [4.69, 9.17) is 21.1 Å². The number of carbonyl (C=O) groups excluding carboxylic acids is 1. The van der Waals surface area contributed by atoms with Crippen molar-refractivity contribution in [3.05, 3.63) is 70.3 Å². The molecular formula is C36H47ClN2O5S. The van der Waals surface area contributed by atoms with E-state index in [0.717, 1.165) is 49.5 Å². The Bertz CT molecular complexity index is 1580. The summed E-state index contributed by atoms with van der Waals surface area (Å²) < 4.78 is 42.5. The average Bonchev–Trinajstić information content (AvgIpc) is 3.13. The van der Waals surface area contributed by atoms with Gasteiger partial charge in [0.05, 0.1) is 23.6 Å². The number of sulfonamides is 1. The molecule has 244 valence electrons. The molecule has 0 radical (unpaired) electrons. The summed E-state index contributed by atoms with van der Waals surface area (Å²) in [5.41, 5.74) is 3.46. The Balaban J connectivity index is 1.45. The second-order valence-electron chi connectivity index (χ2n) is 14.4. The van der Waals surface area contributed by atoms with E-state index in [1.807, 2.05) is 39.0 Å². The number of anilines is 1. The maximum absolute atomic E-state index is 13.7. The molecule has 0 unspecified atom stereocenters. The monoisotopic (exact) mass is 654 g/mol.